The Morgan fingerprint density at radius 2 is 1.87 bits per heavy atom. The molecule has 2 nitrogen and oxygen atoms in total. The van der Waals surface area contributed by atoms with Gasteiger partial charge in [0.1, 0.15) is 11.6 Å². The van der Waals surface area contributed by atoms with E-state index in [0.717, 1.165) is 0 Å². The van der Waals surface area contributed by atoms with Gasteiger partial charge in [-0.3, -0.25) is 4.90 Å². The van der Waals surface area contributed by atoms with Crippen LogP contribution in [0.25, 0.3) is 0 Å². The highest BCUT2D eigenvalue weighted by Gasteiger charge is 2.21. The Morgan fingerprint density at radius 1 is 1.33 bits per heavy atom. The van der Waals surface area contributed by atoms with Gasteiger partial charge in [0.15, 0.2) is 0 Å². The van der Waals surface area contributed by atoms with Gasteiger partial charge in [0.2, 0.25) is 0 Å². The summed E-state index contributed by atoms with van der Waals surface area (Å²) in [6.07, 6.45) is 0. The number of likely N-dealkylation sites (N-methyl/N-ethyl adjacent to an activating group) is 1. The third-order valence-corrected chi connectivity index (χ3v) is 2.59. The van der Waals surface area contributed by atoms with Crippen molar-refractivity contribution < 1.29 is 8.78 Å². The summed E-state index contributed by atoms with van der Waals surface area (Å²) in [4.78, 5) is 1.82. The molecule has 0 bridgehead atoms. The van der Waals surface area contributed by atoms with E-state index >= 15 is 0 Å². The summed E-state index contributed by atoms with van der Waals surface area (Å²) >= 11 is 0. The zero-order valence-corrected chi connectivity index (χ0v) is 9.00. The smallest absolute Gasteiger partial charge is 0.130 e. The van der Waals surface area contributed by atoms with Crippen molar-refractivity contribution in [2.75, 3.05) is 20.1 Å². The molecule has 0 spiro atoms. The van der Waals surface area contributed by atoms with Crippen molar-refractivity contribution in [3.05, 3.63) is 35.4 Å². The van der Waals surface area contributed by atoms with Crippen LogP contribution in [0.1, 0.15) is 18.5 Å². The second kappa shape index (κ2) is 5.19. The van der Waals surface area contributed by atoms with E-state index in [-0.39, 0.29) is 12.1 Å². The average Bonchev–Trinajstić information content (AvgIpc) is 2.22. The maximum Gasteiger partial charge on any atom is 0.130 e. The molecule has 0 heterocycles. The van der Waals surface area contributed by atoms with Gasteiger partial charge in [-0.1, -0.05) is 13.0 Å². The summed E-state index contributed by atoms with van der Waals surface area (Å²) < 4.78 is 26.9. The maximum atomic E-state index is 13.5. The first-order chi connectivity index (χ1) is 7.11. The lowest BCUT2D eigenvalue weighted by Crippen LogP contribution is -2.31. The molecule has 1 aromatic carbocycles. The minimum absolute atomic E-state index is 0.0596. The highest BCUT2D eigenvalue weighted by atomic mass is 19.1. The molecule has 0 radical (unpaired) electrons. The molecular weight excluding hydrogens is 198 g/mol. The van der Waals surface area contributed by atoms with Gasteiger partial charge in [0, 0.05) is 12.1 Å². The molecule has 1 rings (SSSR count). The third-order valence-electron chi connectivity index (χ3n) is 2.59. The summed E-state index contributed by atoms with van der Waals surface area (Å²) in [7, 11) is 1.80. The molecule has 4 heteroatoms. The van der Waals surface area contributed by atoms with Crippen molar-refractivity contribution >= 4 is 0 Å². The molecule has 0 aliphatic heterocycles. The lowest BCUT2D eigenvalue weighted by atomic mass is 10.0. The van der Waals surface area contributed by atoms with E-state index in [2.05, 4.69) is 0 Å². The fourth-order valence-electron chi connectivity index (χ4n) is 1.57. The lowest BCUT2D eigenvalue weighted by Gasteiger charge is -2.26. The van der Waals surface area contributed by atoms with Gasteiger partial charge >= 0.3 is 0 Å². The fraction of sp³-hybridized carbons (Fsp3) is 0.455. The molecule has 0 aliphatic carbocycles. The number of benzene rings is 1. The minimum atomic E-state index is -0.536. The molecule has 0 aliphatic rings. The molecule has 84 valence electrons. The summed E-state index contributed by atoms with van der Waals surface area (Å²) in [5, 5.41) is 0. The highest BCUT2D eigenvalue weighted by molar-refractivity contribution is 5.23. The Bertz CT molecular complexity index is 308. The standard InChI is InChI=1S/C11H16F2N2/c1-3-15(2)10(7-14)11-8(12)5-4-6-9(11)13/h4-6,10H,3,7,14H2,1-2H3. The molecule has 1 atom stereocenters. The van der Waals surface area contributed by atoms with E-state index in [9.17, 15) is 8.78 Å². The Morgan fingerprint density at radius 3 is 2.27 bits per heavy atom. The summed E-state index contributed by atoms with van der Waals surface area (Å²) in [5.41, 5.74) is 5.60. The monoisotopic (exact) mass is 214 g/mol. The van der Waals surface area contributed by atoms with Crippen molar-refractivity contribution in [2.45, 2.75) is 13.0 Å². The van der Waals surface area contributed by atoms with E-state index in [1.54, 1.807) is 7.05 Å². The summed E-state index contributed by atoms with van der Waals surface area (Å²) in [5.74, 6) is -1.07. The molecule has 0 saturated carbocycles. The summed E-state index contributed by atoms with van der Waals surface area (Å²) in [6.45, 7) is 2.80. The van der Waals surface area contributed by atoms with Crippen molar-refractivity contribution in [2.24, 2.45) is 5.73 Å². The number of hydrogen-bond acceptors (Lipinski definition) is 2. The highest BCUT2D eigenvalue weighted by Crippen LogP contribution is 2.23. The number of rotatable bonds is 4. The number of hydrogen-bond donors (Lipinski definition) is 1. The van der Waals surface area contributed by atoms with Crippen molar-refractivity contribution in [1.82, 2.24) is 4.90 Å². The van der Waals surface area contributed by atoms with Crippen LogP contribution in [0.4, 0.5) is 8.78 Å². The maximum absolute atomic E-state index is 13.5. The second-order valence-electron chi connectivity index (χ2n) is 3.46. The van der Waals surface area contributed by atoms with Gasteiger partial charge in [-0.25, -0.2) is 8.78 Å². The van der Waals surface area contributed by atoms with Crippen LogP contribution in [0.5, 0.6) is 0 Å². The molecule has 2 N–H and O–H groups in total. The van der Waals surface area contributed by atoms with Crippen LogP contribution in [0.2, 0.25) is 0 Å². The van der Waals surface area contributed by atoms with E-state index in [1.807, 2.05) is 11.8 Å². The Labute approximate surface area is 88.7 Å². The molecule has 0 saturated heterocycles. The van der Waals surface area contributed by atoms with Crippen LogP contribution in [0.15, 0.2) is 18.2 Å². The molecule has 15 heavy (non-hydrogen) atoms. The van der Waals surface area contributed by atoms with Crippen LogP contribution in [0.3, 0.4) is 0 Å². The molecular formula is C11H16F2N2. The van der Waals surface area contributed by atoms with Gasteiger partial charge < -0.3 is 5.73 Å². The zero-order chi connectivity index (χ0) is 11.4. The lowest BCUT2D eigenvalue weighted by molar-refractivity contribution is 0.251. The van der Waals surface area contributed by atoms with Gasteiger partial charge in [0.05, 0.1) is 6.04 Å². The van der Waals surface area contributed by atoms with Crippen LogP contribution in [-0.2, 0) is 0 Å². The fourth-order valence-corrected chi connectivity index (χ4v) is 1.57. The predicted molar refractivity (Wildman–Crippen MR) is 56.5 cm³/mol. The molecule has 0 aromatic heterocycles. The Balaban J connectivity index is 3.11. The Kier molecular flexibility index (Phi) is 4.17. The van der Waals surface area contributed by atoms with E-state index in [1.165, 1.54) is 18.2 Å². The van der Waals surface area contributed by atoms with E-state index in [4.69, 9.17) is 5.73 Å². The predicted octanol–water partition coefficient (Wildman–Crippen LogP) is 1.92. The summed E-state index contributed by atoms with van der Waals surface area (Å²) in [6, 6.07) is 3.46. The minimum Gasteiger partial charge on any atom is -0.329 e. The number of nitrogens with two attached hydrogens (primary N) is 1. The van der Waals surface area contributed by atoms with Crippen LogP contribution >= 0.6 is 0 Å². The second-order valence-corrected chi connectivity index (χ2v) is 3.46. The first-order valence-corrected chi connectivity index (χ1v) is 4.96. The van der Waals surface area contributed by atoms with Crippen LogP contribution in [-0.4, -0.2) is 25.0 Å². The quantitative estimate of drug-likeness (QED) is 0.829. The largest absolute Gasteiger partial charge is 0.329 e. The van der Waals surface area contributed by atoms with Gasteiger partial charge in [0.25, 0.3) is 0 Å². The SMILES string of the molecule is CCN(C)C(CN)c1c(F)cccc1F. The van der Waals surface area contributed by atoms with Crippen molar-refractivity contribution in [3.8, 4) is 0 Å². The topological polar surface area (TPSA) is 29.3 Å². The van der Waals surface area contributed by atoms with Gasteiger partial charge in [-0.05, 0) is 25.7 Å². The zero-order valence-electron chi connectivity index (χ0n) is 9.00. The van der Waals surface area contributed by atoms with Crippen LogP contribution in [0, 0.1) is 11.6 Å². The van der Waals surface area contributed by atoms with Crippen molar-refractivity contribution in [3.63, 3.8) is 0 Å². The molecule has 0 fully saturated rings. The Hall–Kier alpha value is -1.00. The number of halogens is 2. The molecule has 1 unspecified atom stereocenters. The van der Waals surface area contributed by atoms with Gasteiger partial charge in [-0.2, -0.15) is 0 Å². The molecule has 1 aromatic rings. The molecule has 0 amide bonds. The van der Waals surface area contributed by atoms with Crippen molar-refractivity contribution in [1.29, 1.82) is 0 Å². The van der Waals surface area contributed by atoms with Crippen LogP contribution < -0.4 is 5.73 Å². The first kappa shape index (κ1) is 12.1. The average molecular weight is 214 g/mol. The third kappa shape index (κ3) is 2.52. The van der Waals surface area contributed by atoms with Gasteiger partial charge in [-0.15, -0.1) is 0 Å². The van der Waals surface area contributed by atoms with E-state index < -0.39 is 17.7 Å². The first-order valence-electron chi connectivity index (χ1n) is 4.96. The number of nitrogens with zero attached hydrogens (tertiary/aromatic N) is 1. The van der Waals surface area contributed by atoms with E-state index in [0.29, 0.717) is 6.54 Å². The normalized spacial score (nSPS) is 13.2.